The van der Waals surface area contributed by atoms with Gasteiger partial charge < -0.3 is 0 Å². The van der Waals surface area contributed by atoms with Crippen LogP contribution in [-0.2, 0) is 0 Å². The zero-order valence-electron chi connectivity index (χ0n) is 7.72. The van der Waals surface area contributed by atoms with Gasteiger partial charge in [-0.15, -0.1) is 0 Å². The van der Waals surface area contributed by atoms with Crippen molar-refractivity contribution in [1.82, 2.24) is 9.97 Å². The summed E-state index contributed by atoms with van der Waals surface area (Å²) in [5, 5.41) is 0. The molecule has 1 aromatic heterocycles. The lowest BCUT2D eigenvalue weighted by molar-refractivity contribution is 0.112. The fourth-order valence-corrected chi connectivity index (χ4v) is 1.21. The normalized spacial score (nSPS) is 9.93. The van der Waals surface area contributed by atoms with Crippen LogP contribution < -0.4 is 0 Å². The van der Waals surface area contributed by atoms with Crippen molar-refractivity contribution in [2.45, 2.75) is 0 Å². The number of nitrogens with zero attached hydrogens (tertiary/aromatic N) is 2. The molecule has 0 unspecified atom stereocenters. The minimum atomic E-state index is -0.481. The number of carbonyl (C=O) groups is 1. The lowest BCUT2D eigenvalue weighted by Gasteiger charge is -1.99. The molecule has 1 heterocycles. The summed E-state index contributed by atoms with van der Waals surface area (Å²) in [6.45, 7) is 0. The summed E-state index contributed by atoms with van der Waals surface area (Å²) in [5.41, 5.74) is 1.24. The Hall–Kier alpha value is -2.10. The summed E-state index contributed by atoms with van der Waals surface area (Å²) in [6, 6.07) is 6.83. The summed E-state index contributed by atoms with van der Waals surface area (Å²) in [4.78, 5) is 18.2. The topological polar surface area (TPSA) is 42.9 Å². The van der Waals surface area contributed by atoms with E-state index in [-0.39, 0.29) is 0 Å². The van der Waals surface area contributed by atoms with E-state index in [0.29, 0.717) is 17.0 Å². The molecular weight excluding hydrogens is 195 g/mol. The van der Waals surface area contributed by atoms with Crippen LogP contribution in [0.15, 0.2) is 36.7 Å². The molecule has 0 N–H and O–H groups in total. The molecule has 0 aliphatic rings. The Morgan fingerprint density at radius 2 is 1.93 bits per heavy atom. The molecule has 1 aromatic carbocycles. The van der Waals surface area contributed by atoms with Crippen LogP contribution in [0.5, 0.6) is 0 Å². The number of rotatable bonds is 2. The van der Waals surface area contributed by atoms with Crippen LogP contribution in [-0.4, -0.2) is 16.3 Å². The van der Waals surface area contributed by atoms with Crippen LogP contribution in [0.4, 0.5) is 4.39 Å². The van der Waals surface area contributed by atoms with Crippen molar-refractivity contribution in [2.24, 2.45) is 0 Å². The fraction of sp³-hybridized carbons (Fsp3) is 0. The number of hydrogen-bond donors (Lipinski definition) is 0. The van der Waals surface area contributed by atoms with Gasteiger partial charge in [-0.3, -0.25) is 4.79 Å². The fourth-order valence-electron chi connectivity index (χ4n) is 1.21. The molecule has 0 atom stereocenters. The Labute approximate surface area is 85.6 Å². The number of benzene rings is 1. The predicted octanol–water partition coefficient (Wildman–Crippen LogP) is 2.10. The maximum Gasteiger partial charge on any atom is 0.159 e. The molecule has 0 radical (unpaired) electrons. The van der Waals surface area contributed by atoms with Gasteiger partial charge in [0.1, 0.15) is 6.29 Å². The number of carbonyl (C=O) groups excluding carboxylic acids is 1. The minimum Gasteiger partial charge on any atom is -0.298 e. The van der Waals surface area contributed by atoms with Crippen LogP contribution in [0.1, 0.15) is 10.4 Å². The number of aldehydes is 1. The monoisotopic (exact) mass is 202 g/mol. The second kappa shape index (κ2) is 3.96. The van der Waals surface area contributed by atoms with E-state index in [1.165, 1.54) is 0 Å². The highest BCUT2D eigenvalue weighted by Crippen LogP contribution is 2.14. The Morgan fingerprint density at radius 1 is 1.20 bits per heavy atom. The van der Waals surface area contributed by atoms with Crippen molar-refractivity contribution in [3.63, 3.8) is 0 Å². The van der Waals surface area contributed by atoms with Crippen LogP contribution in [0, 0.1) is 5.82 Å². The maximum atomic E-state index is 12.6. The van der Waals surface area contributed by atoms with Gasteiger partial charge >= 0.3 is 0 Å². The van der Waals surface area contributed by atoms with Crippen molar-refractivity contribution in [3.05, 3.63) is 48.0 Å². The van der Waals surface area contributed by atoms with Gasteiger partial charge in [0, 0.05) is 11.1 Å². The van der Waals surface area contributed by atoms with E-state index in [1.54, 1.807) is 24.3 Å². The first-order chi connectivity index (χ1) is 7.29. The molecule has 0 bridgehead atoms. The first-order valence-electron chi connectivity index (χ1n) is 4.33. The molecule has 74 valence electrons. The van der Waals surface area contributed by atoms with Crippen molar-refractivity contribution < 1.29 is 9.18 Å². The molecular formula is C11H7FN2O. The Kier molecular flexibility index (Phi) is 2.49. The molecule has 0 saturated heterocycles. The molecule has 0 fully saturated rings. The number of halogens is 1. The van der Waals surface area contributed by atoms with Crippen LogP contribution in [0.2, 0.25) is 0 Å². The van der Waals surface area contributed by atoms with Crippen molar-refractivity contribution >= 4 is 6.29 Å². The molecule has 0 spiro atoms. The largest absolute Gasteiger partial charge is 0.298 e. The molecule has 2 rings (SSSR count). The molecule has 3 nitrogen and oxygen atoms in total. The van der Waals surface area contributed by atoms with E-state index >= 15 is 0 Å². The van der Waals surface area contributed by atoms with Crippen molar-refractivity contribution in [3.8, 4) is 11.4 Å². The molecule has 0 saturated carbocycles. The minimum absolute atomic E-state index is 0.403. The first-order valence-corrected chi connectivity index (χ1v) is 4.33. The van der Waals surface area contributed by atoms with Gasteiger partial charge in [0.15, 0.2) is 11.6 Å². The molecule has 15 heavy (non-hydrogen) atoms. The van der Waals surface area contributed by atoms with Crippen LogP contribution >= 0.6 is 0 Å². The number of aromatic nitrogens is 2. The van der Waals surface area contributed by atoms with E-state index in [4.69, 9.17) is 0 Å². The zero-order valence-corrected chi connectivity index (χ0v) is 7.72. The summed E-state index contributed by atoms with van der Waals surface area (Å²) in [5.74, 6) is -0.0783. The van der Waals surface area contributed by atoms with Gasteiger partial charge in [0.05, 0.1) is 12.4 Å². The van der Waals surface area contributed by atoms with Gasteiger partial charge in [-0.05, 0) is 6.07 Å². The average molecular weight is 202 g/mol. The first kappa shape index (κ1) is 9.45. The standard InChI is InChI=1S/C11H7FN2O/c12-10-5-13-11(14-6-10)9-3-1-2-8(4-9)7-15/h1-7H. The van der Waals surface area contributed by atoms with E-state index in [9.17, 15) is 9.18 Å². The highest BCUT2D eigenvalue weighted by atomic mass is 19.1. The van der Waals surface area contributed by atoms with Gasteiger partial charge in [-0.25, -0.2) is 14.4 Å². The molecule has 0 aliphatic carbocycles. The quantitative estimate of drug-likeness (QED) is 0.700. The SMILES string of the molecule is O=Cc1cccc(-c2ncc(F)cn2)c1. The van der Waals surface area contributed by atoms with E-state index in [1.807, 2.05) is 0 Å². The van der Waals surface area contributed by atoms with Gasteiger partial charge in [-0.2, -0.15) is 0 Å². The van der Waals surface area contributed by atoms with E-state index in [0.717, 1.165) is 18.7 Å². The van der Waals surface area contributed by atoms with Crippen molar-refractivity contribution in [2.75, 3.05) is 0 Å². The highest BCUT2D eigenvalue weighted by molar-refractivity contribution is 5.77. The third-order valence-corrected chi connectivity index (χ3v) is 1.90. The highest BCUT2D eigenvalue weighted by Gasteiger charge is 2.01. The predicted molar refractivity (Wildman–Crippen MR) is 52.8 cm³/mol. The van der Waals surface area contributed by atoms with Crippen LogP contribution in [0.25, 0.3) is 11.4 Å². The third-order valence-electron chi connectivity index (χ3n) is 1.90. The molecule has 2 aromatic rings. The zero-order chi connectivity index (χ0) is 10.7. The second-order valence-corrected chi connectivity index (χ2v) is 2.97. The summed E-state index contributed by atoms with van der Waals surface area (Å²) in [7, 11) is 0. The van der Waals surface area contributed by atoms with Gasteiger partial charge in [0.25, 0.3) is 0 Å². The van der Waals surface area contributed by atoms with Gasteiger partial charge in [0.2, 0.25) is 0 Å². The lowest BCUT2D eigenvalue weighted by Crippen LogP contribution is -1.90. The van der Waals surface area contributed by atoms with Crippen molar-refractivity contribution in [1.29, 1.82) is 0 Å². The Balaban J connectivity index is 2.44. The van der Waals surface area contributed by atoms with E-state index in [2.05, 4.69) is 9.97 Å². The second-order valence-electron chi connectivity index (χ2n) is 2.97. The Morgan fingerprint density at radius 3 is 2.60 bits per heavy atom. The molecule has 0 aliphatic heterocycles. The van der Waals surface area contributed by atoms with E-state index < -0.39 is 5.82 Å². The third kappa shape index (κ3) is 2.04. The smallest absolute Gasteiger partial charge is 0.159 e. The number of hydrogen-bond acceptors (Lipinski definition) is 3. The lowest BCUT2D eigenvalue weighted by atomic mass is 10.1. The Bertz CT molecular complexity index is 482. The maximum absolute atomic E-state index is 12.6. The summed E-state index contributed by atoms with van der Waals surface area (Å²) < 4.78 is 12.6. The van der Waals surface area contributed by atoms with Crippen LogP contribution in [0.3, 0.4) is 0 Å². The summed E-state index contributed by atoms with van der Waals surface area (Å²) >= 11 is 0. The molecule has 4 heteroatoms. The average Bonchev–Trinajstić information content (AvgIpc) is 2.30. The molecule has 0 amide bonds. The van der Waals surface area contributed by atoms with Gasteiger partial charge in [-0.1, -0.05) is 18.2 Å². The summed E-state index contributed by atoms with van der Waals surface area (Å²) in [6.07, 6.45) is 2.93.